The highest BCUT2D eigenvalue weighted by molar-refractivity contribution is 8.00. The van der Waals surface area contributed by atoms with Crippen LogP contribution in [-0.4, -0.2) is 29.5 Å². The fourth-order valence-corrected chi connectivity index (χ4v) is 3.89. The molecule has 0 unspecified atom stereocenters. The number of carbonyl (C=O) groups is 2. The van der Waals surface area contributed by atoms with E-state index in [1.807, 2.05) is 42.5 Å². The lowest BCUT2D eigenvalue weighted by Gasteiger charge is -2.19. The molecular formula is C21H17ClN2O3S. The molecule has 1 N–H and O–H groups in total. The number of benzene rings is 2. The molecule has 0 saturated carbocycles. The smallest absolute Gasteiger partial charge is 0.254 e. The first-order valence-corrected chi connectivity index (χ1v) is 10.0. The van der Waals surface area contributed by atoms with E-state index in [2.05, 4.69) is 5.32 Å². The summed E-state index contributed by atoms with van der Waals surface area (Å²) in [7, 11) is 1.72. The third-order valence-corrected chi connectivity index (χ3v) is 5.71. The van der Waals surface area contributed by atoms with Crippen LogP contribution in [0.3, 0.4) is 0 Å². The first-order valence-electron chi connectivity index (χ1n) is 8.66. The highest BCUT2D eigenvalue weighted by Gasteiger charge is 2.19. The summed E-state index contributed by atoms with van der Waals surface area (Å²) in [5.41, 5.74) is 2.13. The number of hydrogen-bond donors (Lipinski definition) is 1. The summed E-state index contributed by atoms with van der Waals surface area (Å²) < 4.78 is 5.87. The Hall–Kier alpha value is -2.70. The average molecular weight is 413 g/mol. The molecule has 2 aromatic carbocycles. The van der Waals surface area contributed by atoms with Crippen LogP contribution >= 0.6 is 23.4 Å². The van der Waals surface area contributed by atoms with Crippen molar-refractivity contribution in [2.45, 2.75) is 11.4 Å². The van der Waals surface area contributed by atoms with Crippen molar-refractivity contribution in [3.63, 3.8) is 0 Å². The zero-order valence-corrected chi connectivity index (χ0v) is 16.6. The van der Waals surface area contributed by atoms with Crippen LogP contribution in [0.15, 0.2) is 63.9 Å². The first kappa shape index (κ1) is 18.7. The van der Waals surface area contributed by atoms with Gasteiger partial charge in [-0.15, -0.1) is 11.8 Å². The molecule has 2 amide bonds. The number of fused-ring (bicyclic) bond motifs is 1. The van der Waals surface area contributed by atoms with E-state index in [1.165, 1.54) is 11.8 Å². The Labute approximate surface area is 171 Å². The van der Waals surface area contributed by atoms with Gasteiger partial charge in [0, 0.05) is 28.1 Å². The van der Waals surface area contributed by atoms with Crippen molar-refractivity contribution in [1.29, 1.82) is 0 Å². The fraction of sp³-hybridized carbons (Fsp3) is 0.143. The van der Waals surface area contributed by atoms with Crippen molar-refractivity contribution in [2.75, 3.05) is 18.1 Å². The number of anilines is 1. The fourth-order valence-electron chi connectivity index (χ4n) is 2.97. The van der Waals surface area contributed by atoms with Gasteiger partial charge in [-0.1, -0.05) is 11.6 Å². The molecular weight excluding hydrogens is 396 g/mol. The third-order valence-electron chi connectivity index (χ3n) is 4.39. The maximum absolute atomic E-state index is 12.8. The van der Waals surface area contributed by atoms with Gasteiger partial charge >= 0.3 is 0 Å². The highest BCUT2D eigenvalue weighted by atomic mass is 35.5. The van der Waals surface area contributed by atoms with Crippen LogP contribution in [-0.2, 0) is 11.3 Å². The molecule has 142 valence electrons. The Morgan fingerprint density at radius 2 is 1.96 bits per heavy atom. The number of nitrogens with one attached hydrogen (secondary N) is 1. The SMILES string of the molecule is CN(Cc1ccc(-c2ccc(Cl)cc2)o1)C(=O)c1ccc2c(c1)NC(=O)CS2. The molecule has 5 nitrogen and oxygen atoms in total. The van der Waals surface area contributed by atoms with Crippen LogP contribution in [0.5, 0.6) is 0 Å². The van der Waals surface area contributed by atoms with Crippen LogP contribution in [0, 0.1) is 0 Å². The quantitative estimate of drug-likeness (QED) is 0.660. The Balaban J connectivity index is 1.47. The molecule has 1 aliphatic rings. The predicted molar refractivity (Wildman–Crippen MR) is 111 cm³/mol. The van der Waals surface area contributed by atoms with Gasteiger partial charge in [0.25, 0.3) is 5.91 Å². The van der Waals surface area contributed by atoms with Gasteiger partial charge in [0.15, 0.2) is 0 Å². The van der Waals surface area contributed by atoms with E-state index in [9.17, 15) is 9.59 Å². The Kier molecular flexibility index (Phi) is 5.15. The van der Waals surface area contributed by atoms with E-state index >= 15 is 0 Å². The Bertz CT molecular complexity index is 1050. The molecule has 0 fully saturated rings. The third kappa shape index (κ3) is 3.93. The lowest BCUT2D eigenvalue weighted by molar-refractivity contribution is -0.113. The van der Waals surface area contributed by atoms with Crippen LogP contribution in [0.2, 0.25) is 5.02 Å². The summed E-state index contributed by atoms with van der Waals surface area (Å²) in [5, 5.41) is 3.48. The van der Waals surface area contributed by atoms with Crippen molar-refractivity contribution >= 4 is 40.9 Å². The Morgan fingerprint density at radius 3 is 2.75 bits per heavy atom. The topological polar surface area (TPSA) is 62.6 Å². The maximum atomic E-state index is 12.8. The van der Waals surface area contributed by atoms with Gasteiger partial charge in [0.1, 0.15) is 11.5 Å². The molecule has 0 aliphatic carbocycles. The lowest BCUT2D eigenvalue weighted by Crippen LogP contribution is -2.26. The summed E-state index contributed by atoms with van der Waals surface area (Å²) >= 11 is 7.39. The zero-order valence-electron chi connectivity index (χ0n) is 15.1. The number of furan rings is 1. The summed E-state index contributed by atoms with van der Waals surface area (Å²) in [4.78, 5) is 26.9. The van der Waals surface area contributed by atoms with Crippen molar-refractivity contribution in [1.82, 2.24) is 4.90 Å². The molecule has 4 rings (SSSR count). The molecule has 0 atom stereocenters. The monoisotopic (exact) mass is 412 g/mol. The number of thioether (sulfide) groups is 1. The molecule has 2 heterocycles. The summed E-state index contributed by atoms with van der Waals surface area (Å²) in [6, 6.07) is 16.5. The van der Waals surface area contributed by atoms with Gasteiger partial charge in [-0.25, -0.2) is 0 Å². The van der Waals surface area contributed by atoms with Gasteiger partial charge in [0.2, 0.25) is 5.91 Å². The minimum atomic E-state index is -0.142. The van der Waals surface area contributed by atoms with E-state index in [0.29, 0.717) is 34.3 Å². The molecule has 28 heavy (non-hydrogen) atoms. The first-order chi connectivity index (χ1) is 13.5. The minimum Gasteiger partial charge on any atom is -0.459 e. The van der Waals surface area contributed by atoms with Gasteiger partial charge in [-0.05, 0) is 54.6 Å². The van der Waals surface area contributed by atoms with E-state index in [1.54, 1.807) is 24.1 Å². The predicted octanol–water partition coefficient (Wildman–Crippen LogP) is 4.92. The van der Waals surface area contributed by atoms with E-state index in [4.69, 9.17) is 16.0 Å². The van der Waals surface area contributed by atoms with Gasteiger partial charge in [-0.2, -0.15) is 0 Å². The van der Waals surface area contributed by atoms with Crippen LogP contribution in [0.4, 0.5) is 5.69 Å². The molecule has 1 aromatic heterocycles. The van der Waals surface area contributed by atoms with Crippen molar-refractivity contribution in [3.8, 4) is 11.3 Å². The normalized spacial score (nSPS) is 13.0. The standard InChI is InChI=1S/C21H17ClN2O3S/c1-24(11-16-7-8-18(27-16)13-2-5-15(22)6-3-13)21(26)14-4-9-19-17(10-14)23-20(25)12-28-19/h2-10H,11-12H2,1H3,(H,23,25). The van der Waals surface area contributed by atoms with Crippen molar-refractivity contribution in [2.24, 2.45) is 0 Å². The number of carbonyl (C=O) groups excluding carboxylic acids is 2. The molecule has 3 aromatic rings. The second-order valence-electron chi connectivity index (χ2n) is 6.48. The van der Waals surface area contributed by atoms with Crippen LogP contribution in [0.1, 0.15) is 16.1 Å². The van der Waals surface area contributed by atoms with Gasteiger partial charge in [-0.3, -0.25) is 9.59 Å². The summed E-state index contributed by atoms with van der Waals surface area (Å²) in [6.45, 7) is 0.338. The number of nitrogens with zero attached hydrogens (tertiary/aromatic N) is 1. The summed E-state index contributed by atoms with van der Waals surface area (Å²) in [5.74, 6) is 1.61. The van der Waals surface area contributed by atoms with Crippen LogP contribution in [0.25, 0.3) is 11.3 Å². The molecule has 0 radical (unpaired) electrons. The van der Waals surface area contributed by atoms with Gasteiger partial charge < -0.3 is 14.6 Å². The number of hydrogen-bond acceptors (Lipinski definition) is 4. The maximum Gasteiger partial charge on any atom is 0.254 e. The number of amides is 2. The lowest BCUT2D eigenvalue weighted by atomic mass is 10.1. The molecule has 1 aliphatic heterocycles. The second kappa shape index (κ2) is 7.73. The number of halogens is 1. The van der Waals surface area contributed by atoms with E-state index in [-0.39, 0.29) is 11.8 Å². The molecule has 0 saturated heterocycles. The molecule has 0 spiro atoms. The summed E-state index contributed by atoms with van der Waals surface area (Å²) in [6.07, 6.45) is 0. The van der Waals surface area contributed by atoms with Crippen molar-refractivity contribution in [3.05, 3.63) is 70.9 Å². The van der Waals surface area contributed by atoms with E-state index in [0.717, 1.165) is 16.2 Å². The molecule has 7 heteroatoms. The zero-order chi connectivity index (χ0) is 19.7. The Morgan fingerprint density at radius 1 is 1.18 bits per heavy atom. The van der Waals surface area contributed by atoms with Crippen molar-refractivity contribution < 1.29 is 14.0 Å². The van der Waals surface area contributed by atoms with E-state index < -0.39 is 0 Å². The van der Waals surface area contributed by atoms with Gasteiger partial charge in [0.05, 0.1) is 18.0 Å². The molecule has 0 bridgehead atoms. The van der Waals surface area contributed by atoms with Crippen LogP contribution < -0.4 is 5.32 Å². The minimum absolute atomic E-state index is 0.0548. The highest BCUT2D eigenvalue weighted by Crippen LogP contribution is 2.32. The number of rotatable bonds is 4. The average Bonchev–Trinajstić information content (AvgIpc) is 3.15. The second-order valence-corrected chi connectivity index (χ2v) is 7.94. The largest absolute Gasteiger partial charge is 0.459 e.